The van der Waals surface area contributed by atoms with Crippen molar-refractivity contribution in [1.29, 1.82) is 0 Å². The van der Waals surface area contributed by atoms with Crippen molar-refractivity contribution in [3.8, 4) is 0 Å². The number of rotatable bonds is 4. The average molecular weight is 302 g/mol. The Morgan fingerprint density at radius 2 is 2.14 bits per heavy atom. The molecule has 5 heteroatoms. The fraction of sp³-hybridized carbons (Fsp3) is 0.471. The molecule has 118 valence electrons. The summed E-state index contributed by atoms with van der Waals surface area (Å²) in [6.07, 6.45) is 8.89. The molecule has 1 aromatic heterocycles. The standard InChI is InChI=1S/C17H23FN4/c18-13-6-7-16-15(10-13)12(11-21-16)8-9-20-17(19)22-14-4-2-1-3-5-14/h6-7,10-11,14,21H,1-5,8-9H2,(H3,19,20,22). The molecule has 4 N–H and O–H groups in total. The molecular weight excluding hydrogens is 279 g/mol. The third kappa shape index (κ3) is 3.59. The maximum absolute atomic E-state index is 13.3. The number of H-pyrrole nitrogens is 1. The van der Waals surface area contributed by atoms with Crippen molar-refractivity contribution >= 4 is 16.9 Å². The highest BCUT2D eigenvalue weighted by atomic mass is 19.1. The molecule has 0 spiro atoms. The minimum absolute atomic E-state index is 0.213. The zero-order chi connectivity index (χ0) is 15.4. The van der Waals surface area contributed by atoms with Gasteiger partial charge in [-0.05, 0) is 43.0 Å². The highest BCUT2D eigenvalue weighted by Gasteiger charge is 2.13. The van der Waals surface area contributed by atoms with Crippen LogP contribution in [0.3, 0.4) is 0 Å². The topological polar surface area (TPSA) is 66.2 Å². The van der Waals surface area contributed by atoms with E-state index in [0.717, 1.165) is 22.9 Å². The molecule has 0 saturated heterocycles. The number of aromatic nitrogens is 1. The Kier molecular flexibility index (Phi) is 4.61. The molecule has 0 unspecified atom stereocenters. The van der Waals surface area contributed by atoms with Crippen LogP contribution in [0.15, 0.2) is 29.4 Å². The van der Waals surface area contributed by atoms with Gasteiger partial charge in [-0.15, -0.1) is 0 Å². The summed E-state index contributed by atoms with van der Waals surface area (Å²) in [5.41, 5.74) is 7.98. The van der Waals surface area contributed by atoms with Gasteiger partial charge in [0.05, 0.1) is 0 Å². The Labute approximate surface area is 130 Å². The van der Waals surface area contributed by atoms with Gasteiger partial charge in [-0.3, -0.25) is 4.99 Å². The van der Waals surface area contributed by atoms with Gasteiger partial charge >= 0.3 is 0 Å². The molecule has 0 atom stereocenters. The minimum Gasteiger partial charge on any atom is -0.370 e. The smallest absolute Gasteiger partial charge is 0.188 e. The molecular formula is C17H23FN4. The molecule has 2 aromatic rings. The summed E-state index contributed by atoms with van der Waals surface area (Å²) in [7, 11) is 0. The quantitative estimate of drug-likeness (QED) is 0.600. The second-order valence-corrected chi connectivity index (χ2v) is 6.00. The molecule has 1 fully saturated rings. The van der Waals surface area contributed by atoms with Gasteiger partial charge in [0.1, 0.15) is 5.82 Å². The molecule has 1 aliphatic carbocycles. The number of fused-ring (bicyclic) bond motifs is 1. The van der Waals surface area contributed by atoms with Gasteiger partial charge in [0.25, 0.3) is 0 Å². The SMILES string of the molecule is NC(=NCCc1c[nH]c2ccc(F)cc12)NC1CCCCC1. The third-order valence-electron chi connectivity index (χ3n) is 4.35. The summed E-state index contributed by atoms with van der Waals surface area (Å²) >= 11 is 0. The highest BCUT2D eigenvalue weighted by molar-refractivity contribution is 5.83. The number of hydrogen-bond acceptors (Lipinski definition) is 1. The Morgan fingerprint density at radius 1 is 1.32 bits per heavy atom. The summed E-state index contributed by atoms with van der Waals surface area (Å²) in [6, 6.07) is 5.26. The fourth-order valence-electron chi connectivity index (χ4n) is 3.16. The van der Waals surface area contributed by atoms with E-state index in [-0.39, 0.29) is 5.82 Å². The first-order chi connectivity index (χ1) is 10.7. The highest BCUT2D eigenvalue weighted by Crippen LogP contribution is 2.20. The molecule has 1 aliphatic rings. The van der Waals surface area contributed by atoms with Crippen LogP contribution in [0.1, 0.15) is 37.7 Å². The van der Waals surface area contributed by atoms with Crippen LogP contribution in [0, 0.1) is 5.82 Å². The maximum atomic E-state index is 13.3. The van der Waals surface area contributed by atoms with Crippen molar-refractivity contribution in [3.05, 3.63) is 35.8 Å². The van der Waals surface area contributed by atoms with E-state index in [0.29, 0.717) is 18.5 Å². The van der Waals surface area contributed by atoms with Gasteiger partial charge in [0, 0.05) is 29.7 Å². The van der Waals surface area contributed by atoms with Crippen molar-refractivity contribution in [2.24, 2.45) is 10.7 Å². The van der Waals surface area contributed by atoms with Gasteiger partial charge in [-0.25, -0.2) is 4.39 Å². The zero-order valence-corrected chi connectivity index (χ0v) is 12.7. The number of halogens is 1. The number of nitrogens with one attached hydrogen (secondary N) is 2. The molecule has 4 nitrogen and oxygen atoms in total. The first-order valence-electron chi connectivity index (χ1n) is 8.04. The number of aliphatic imine (C=N–C) groups is 1. The van der Waals surface area contributed by atoms with Crippen LogP contribution in [0.4, 0.5) is 4.39 Å². The number of nitrogens with two attached hydrogens (primary N) is 1. The van der Waals surface area contributed by atoms with Gasteiger partial charge in [-0.1, -0.05) is 19.3 Å². The van der Waals surface area contributed by atoms with Crippen molar-refractivity contribution < 1.29 is 4.39 Å². The lowest BCUT2D eigenvalue weighted by Gasteiger charge is -2.23. The zero-order valence-electron chi connectivity index (χ0n) is 12.7. The number of benzene rings is 1. The van der Waals surface area contributed by atoms with Gasteiger partial charge in [0.2, 0.25) is 0 Å². The first-order valence-corrected chi connectivity index (χ1v) is 8.04. The predicted molar refractivity (Wildman–Crippen MR) is 88.5 cm³/mol. The summed E-state index contributed by atoms with van der Waals surface area (Å²) < 4.78 is 13.3. The molecule has 1 heterocycles. The first kappa shape index (κ1) is 14.9. The van der Waals surface area contributed by atoms with Gasteiger partial charge < -0.3 is 16.0 Å². The van der Waals surface area contributed by atoms with Crippen LogP contribution in [-0.2, 0) is 6.42 Å². The largest absolute Gasteiger partial charge is 0.370 e. The second kappa shape index (κ2) is 6.81. The van der Waals surface area contributed by atoms with Crippen molar-refractivity contribution in [1.82, 2.24) is 10.3 Å². The number of guanidine groups is 1. The maximum Gasteiger partial charge on any atom is 0.188 e. The van der Waals surface area contributed by atoms with Crippen molar-refractivity contribution in [2.45, 2.75) is 44.6 Å². The van der Waals surface area contributed by atoms with Crippen LogP contribution in [0.5, 0.6) is 0 Å². The predicted octanol–water partition coefficient (Wildman–Crippen LogP) is 3.09. The molecule has 0 aliphatic heterocycles. The molecule has 1 saturated carbocycles. The van der Waals surface area contributed by atoms with Crippen molar-refractivity contribution in [2.75, 3.05) is 6.54 Å². The van der Waals surface area contributed by atoms with E-state index in [1.54, 1.807) is 12.1 Å². The average Bonchev–Trinajstić information content (AvgIpc) is 2.91. The van der Waals surface area contributed by atoms with Crippen LogP contribution in [-0.4, -0.2) is 23.5 Å². The number of nitrogens with zero attached hydrogens (tertiary/aromatic N) is 1. The Morgan fingerprint density at radius 3 is 2.95 bits per heavy atom. The number of aromatic amines is 1. The van der Waals surface area contributed by atoms with E-state index in [1.165, 1.54) is 38.2 Å². The Bertz CT molecular complexity index is 656. The summed E-state index contributed by atoms with van der Waals surface area (Å²) in [4.78, 5) is 7.56. The van der Waals surface area contributed by atoms with E-state index in [1.807, 2.05) is 6.20 Å². The van der Waals surface area contributed by atoms with E-state index >= 15 is 0 Å². The van der Waals surface area contributed by atoms with Crippen LogP contribution in [0.2, 0.25) is 0 Å². The molecule has 0 radical (unpaired) electrons. The van der Waals surface area contributed by atoms with Crippen LogP contribution in [0.25, 0.3) is 10.9 Å². The lowest BCUT2D eigenvalue weighted by molar-refractivity contribution is 0.412. The molecule has 0 amide bonds. The van der Waals surface area contributed by atoms with Gasteiger partial charge in [0.15, 0.2) is 5.96 Å². The Balaban J connectivity index is 1.56. The van der Waals surface area contributed by atoms with Crippen LogP contribution >= 0.6 is 0 Å². The molecule has 3 rings (SSSR count). The van der Waals surface area contributed by atoms with Gasteiger partial charge in [-0.2, -0.15) is 0 Å². The van der Waals surface area contributed by atoms with E-state index in [4.69, 9.17) is 5.73 Å². The summed E-state index contributed by atoms with van der Waals surface area (Å²) in [5.74, 6) is 0.313. The summed E-state index contributed by atoms with van der Waals surface area (Å²) in [5, 5.41) is 4.23. The minimum atomic E-state index is -0.213. The normalized spacial score (nSPS) is 17.0. The van der Waals surface area contributed by atoms with E-state index in [9.17, 15) is 4.39 Å². The summed E-state index contributed by atoms with van der Waals surface area (Å²) in [6.45, 7) is 0.606. The molecule has 22 heavy (non-hydrogen) atoms. The van der Waals surface area contributed by atoms with Crippen molar-refractivity contribution in [3.63, 3.8) is 0 Å². The molecule has 0 bridgehead atoms. The van der Waals surface area contributed by atoms with E-state index in [2.05, 4.69) is 15.3 Å². The van der Waals surface area contributed by atoms with Crippen LogP contribution < -0.4 is 11.1 Å². The third-order valence-corrected chi connectivity index (χ3v) is 4.35. The van der Waals surface area contributed by atoms with E-state index < -0.39 is 0 Å². The Hall–Kier alpha value is -2.04. The monoisotopic (exact) mass is 302 g/mol. The fourth-order valence-corrected chi connectivity index (χ4v) is 3.16. The lowest BCUT2D eigenvalue weighted by atomic mass is 9.96. The molecule has 1 aromatic carbocycles. The lowest BCUT2D eigenvalue weighted by Crippen LogP contribution is -2.41. The second-order valence-electron chi connectivity index (χ2n) is 6.00. The number of hydrogen-bond donors (Lipinski definition) is 3.